The van der Waals surface area contributed by atoms with Crippen LogP contribution in [0.15, 0.2) is 0 Å². The Morgan fingerprint density at radius 2 is 2.50 bits per heavy atom. The Morgan fingerprint density at radius 1 is 1.80 bits per heavy atom. The van der Waals surface area contributed by atoms with E-state index in [4.69, 9.17) is 6.42 Å². The van der Waals surface area contributed by atoms with Gasteiger partial charge in [0, 0.05) is 19.3 Å². The third-order valence-electron chi connectivity index (χ3n) is 2.16. The maximum Gasteiger partial charge on any atom is 0.133 e. The number of carbonyl (C=O) groups is 1. The largest absolute Gasteiger partial charge is 0.300 e. The Morgan fingerprint density at radius 3 is 2.90 bits per heavy atom. The van der Waals surface area contributed by atoms with Crippen molar-refractivity contribution in [3.8, 4) is 12.3 Å². The summed E-state index contributed by atoms with van der Waals surface area (Å²) in [5, 5.41) is 0. The highest BCUT2D eigenvalue weighted by molar-refractivity contribution is 5.81. The predicted molar refractivity (Wildman–Crippen MR) is 40.4 cm³/mol. The van der Waals surface area contributed by atoms with Gasteiger partial charge in [-0.3, -0.25) is 4.79 Å². The van der Waals surface area contributed by atoms with E-state index in [0.29, 0.717) is 12.2 Å². The van der Waals surface area contributed by atoms with E-state index in [1.165, 1.54) is 0 Å². The summed E-state index contributed by atoms with van der Waals surface area (Å²) in [6.07, 6.45) is 8.33. The first-order valence-electron chi connectivity index (χ1n) is 3.61. The number of hydrogen-bond acceptors (Lipinski definition) is 1. The fourth-order valence-electron chi connectivity index (χ4n) is 1.49. The fraction of sp³-hybridized carbons (Fsp3) is 0.667. The number of rotatable bonds is 1. The zero-order valence-electron chi connectivity index (χ0n) is 6.31. The maximum atomic E-state index is 10.9. The second kappa shape index (κ2) is 2.46. The van der Waals surface area contributed by atoms with Gasteiger partial charge in [0.05, 0.1) is 0 Å². The molecule has 0 aromatic rings. The highest BCUT2D eigenvalue weighted by Crippen LogP contribution is 2.37. The van der Waals surface area contributed by atoms with E-state index in [2.05, 4.69) is 12.8 Å². The van der Waals surface area contributed by atoms with E-state index in [1.807, 2.05) is 0 Å². The molecule has 0 N–H and O–H groups in total. The molecule has 1 heteroatoms. The van der Waals surface area contributed by atoms with Crippen LogP contribution in [0.1, 0.15) is 32.6 Å². The quantitative estimate of drug-likeness (QED) is 0.502. The van der Waals surface area contributed by atoms with Gasteiger partial charge in [-0.2, -0.15) is 0 Å². The SMILES string of the molecule is C#CCC1(C)CCC(=O)C1. The molecule has 0 spiro atoms. The minimum absolute atomic E-state index is 0.131. The molecular weight excluding hydrogens is 124 g/mol. The molecule has 1 nitrogen and oxygen atoms in total. The van der Waals surface area contributed by atoms with Crippen molar-refractivity contribution >= 4 is 5.78 Å². The highest BCUT2D eigenvalue weighted by atomic mass is 16.1. The molecule has 0 aromatic heterocycles. The first kappa shape index (κ1) is 7.34. The van der Waals surface area contributed by atoms with Crippen LogP contribution in [-0.4, -0.2) is 5.78 Å². The Labute approximate surface area is 61.8 Å². The maximum absolute atomic E-state index is 10.9. The molecule has 1 unspecified atom stereocenters. The third-order valence-corrected chi connectivity index (χ3v) is 2.16. The summed E-state index contributed by atoms with van der Waals surface area (Å²) in [5.74, 6) is 2.99. The van der Waals surface area contributed by atoms with Gasteiger partial charge in [0.25, 0.3) is 0 Å². The van der Waals surface area contributed by atoms with Gasteiger partial charge in [0.2, 0.25) is 0 Å². The normalized spacial score (nSPS) is 32.2. The van der Waals surface area contributed by atoms with E-state index in [1.54, 1.807) is 0 Å². The summed E-state index contributed by atoms with van der Waals surface area (Å²) in [4.78, 5) is 10.9. The van der Waals surface area contributed by atoms with Gasteiger partial charge in [0.15, 0.2) is 0 Å². The minimum Gasteiger partial charge on any atom is -0.300 e. The fourth-order valence-corrected chi connectivity index (χ4v) is 1.49. The van der Waals surface area contributed by atoms with Crippen LogP contribution in [0, 0.1) is 17.8 Å². The van der Waals surface area contributed by atoms with Gasteiger partial charge in [-0.05, 0) is 11.8 Å². The molecule has 1 fully saturated rings. The van der Waals surface area contributed by atoms with Crippen LogP contribution < -0.4 is 0 Å². The van der Waals surface area contributed by atoms with Gasteiger partial charge >= 0.3 is 0 Å². The van der Waals surface area contributed by atoms with Gasteiger partial charge in [-0.15, -0.1) is 12.3 Å². The Kier molecular flexibility index (Phi) is 1.80. The molecule has 1 aliphatic carbocycles. The summed E-state index contributed by atoms with van der Waals surface area (Å²) >= 11 is 0. The average Bonchev–Trinajstić information content (AvgIpc) is 2.12. The van der Waals surface area contributed by atoms with Crippen LogP contribution in [0.3, 0.4) is 0 Å². The van der Waals surface area contributed by atoms with Crippen LogP contribution in [0.2, 0.25) is 0 Å². The van der Waals surface area contributed by atoms with Crippen molar-refractivity contribution < 1.29 is 4.79 Å². The van der Waals surface area contributed by atoms with Crippen molar-refractivity contribution in [1.29, 1.82) is 0 Å². The van der Waals surface area contributed by atoms with E-state index >= 15 is 0 Å². The lowest BCUT2D eigenvalue weighted by Gasteiger charge is -2.17. The van der Waals surface area contributed by atoms with Crippen LogP contribution in [0.25, 0.3) is 0 Å². The molecule has 0 aromatic carbocycles. The molecule has 0 bridgehead atoms. The van der Waals surface area contributed by atoms with E-state index in [0.717, 1.165) is 19.3 Å². The van der Waals surface area contributed by atoms with Crippen molar-refractivity contribution in [2.24, 2.45) is 5.41 Å². The predicted octanol–water partition coefficient (Wildman–Crippen LogP) is 1.77. The summed E-state index contributed by atoms with van der Waals surface area (Å²) in [7, 11) is 0. The first-order chi connectivity index (χ1) is 4.66. The number of carbonyl (C=O) groups excluding carboxylic acids is 1. The smallest absolute Gasteiger partial charge is 0.133 e. The standard InChI is InChI=1S/C9H12O/c1-3-5-9(2)6-4-8(10)7-9/h1H,4-7H2,2H3. The molecule has 0 heterocycles. The second-order valence-corrected chi connectivity index (χ2v) is 3.41. The lowest BCUT2D eigenvalue weighted by molar-refractivity contribution is -0.117. The average molecular weight is 136 g/mol. The van der Waals surface area contributed by atoms with E-state index in [9.17, 15) is 4.79 Å². The van der Waals surface area contributed by atoms with Crippen molar-refractivity contribution in [3.63, 3.8) is 0 Å². The highest BCUT2D eigenvalue weighted by Gasteiger charge is 2.32. The Balaban J connectivity index is 2.56. The zero-order chi connectivity index (χ0) is 7.61. The van der Waals surface area contributed by atoms with Crippen LogP contribution >= 0.6 is 0 Å². The Hall–Kier alpha value is -0.770. The van der Waals surface area contributed by atoms with Gasteiger partial charge in [-0.25, -0.2) is 0 Å². The monoisotopic (exact) mass is 136 g/mol. The number of terminal acetylenes is 1. The Bertz CT molecular complexity index is 187. The third kappa shape index (κ3) is 1.39. The van der Waals surface area contributed by atoms with Crippen LogP contribution in [0.5, 0.6) is 0 Å². The van der Waals surface area contributed by atoms with Gasteiger partial charge in [0.1, 0.15) is 5.78 Å². The zero-order valence-corrected chi connectivity index (χ0v) is 6.31. The molecular formula is C9H12O. The molecule has 0 aliphatic heterocycles. The number of hydrogen-bond donors (Lipinski definition) is 0. The summed E-state index contributed by atoms with van der Waals surface area (Å²) in [5.41, 5.74) is 0.131. The molecule has 10 heavy (non-hydrogen) atoms. The molecule has 0 saturated heterocycles. The van der Waals surface area contributed by atoms with Crippen LogP contribution in [-0.2, 0) is 4.79 Å². The summed E-state index contributed by atoms with van der Waals surface area (Å²) in [6, 6.07) is 0. The van der Waals surface area contributed by atoms with Crippen LogP contribution in [0.4, 0.5) is 0 Å². The van der Waals surface area contributed by atoms with Crippen molar-refractivity contribution in [2.45, 2.75) is 32.6 Å². The van der Waals surface area contributed by atoms with Crippen molar-refractivity contribution in [3.05, 3.63) is 0 Å². The topological polar surface area (TPSA) is 17.1 Å². The number of ketones is 1. The molecule has 1 saturated carbocycles. The summed E-state index contributed by atoms with van der Waals surface area (Å²) < 4.78 is 0. The van der Waals surface area contributed by atoms with Gasteiger partial charge in [-0.1, -0.05) is 6.92 Å². The van der Waals surface area contributed by atoms with Gasteiger partial charge < -0.3 is 0 Å². The van der Waals surface area contributed by atoms with Crippen molar-refractivity contribution in [2.75, 3.05) is 0 Å². The molecule has 54 valence electrons. The second-order valence-electron chi connectivity index (χ2n) is 3.41. The molecule has 1 aliphatic rings. The van der Waals surface area contributed by atoms with Crippen molar-refractivity contribution in [1.82, 2.24) is 0 Å². The first-order valence-corrected chi connectivity index (χ1v) is 3.61. The minimum atomic E-state index is 0.131. The molecule has 0 amide bonds. The number of Topliss-reactive ketones (excluding diaryl/α,β-unsaturated/α-hetero) is 1. The lowest BCUT2D eigenvalue weighted by Crippen LogP contribution is -2.10. The molecule has 1 rings (SSSR count). The van der Waals surface area contributed by atoms with E-state index in [-0.39, 0.29) is 5.41 Å². The molecule has 0 radical (unpaired) electrons. The lowest BCUT2D eigenvalue weighted by atomic mass is 9.86. The van der Waals surface area contributed by atoms with E-state index < -0.39 is 0 Å². The summed E-state index contributed by atoms with van der Waals surface area (Å²) in [6.45, 7) is 2.10. The molecule has 1 atom stereocenters.